The van der Waals surface area contributed by atoms with Crippen molar-refractivity contribution in [2.75, 3.05) is 5.73 Å². The zero-order valence-corrected chi connectivity index (χ0v) is 8.32. The molecule has 13 heavy (non-hydrogen) atoms. The van der Waals surface area contributed by atoms with Gasteiger partial charge in [-0.1, -0.05) is 11.6 Å². The summed E-state index contributed by atoms with van der Waals surface area (Å²) in [6.07, 6.45) is 0. The summed E-state index contributed by atoms with van der Waals surface area (Å²) in [5, 5.41) is 0.329. The second-order valence-electron chi connectivity index (χ2n) is 3.58. The van der Waals surface area contributed by atoms with E-state index in [0.717, 1.165) is 0 Å². The minimum absolute atomic E-state index is 0.229. The zero-order chi connectivity index (χ0) is 10.2. The summed E-state index contributed by atoms with van der Waals surface area (Å²) >= 11 is 5.74. The third kappa shape index (κ3) is 2.11. The molecule has 0 aliphatic heterocycles. The van der Waals surface area contributed by atoms with E-state index < -0.39 is 11.4 Å². The predicted molar refractivity (Wildman–Crippen MR) is 53.0 cm³/mol. The molecule has 1 aromatic carbocycles. The standard InChI is InChI=1S/C9H12ClFN2/c1-9(2,13)5-3-6(10)8(12)4-7(5)11/h3-4H,12-13H2,1-2H3. The highest BCUT2D eigenvalue weighted by Gasteiger charge is 2.20. The van der Waals surface area contributed by atoms with Crippen molar-refractivity contribution in [2.45, 2.75) is 19.4 Å². The summed E-state index contributed by atoms with van der Waals surface area (Å²) in [7, 11) is 0. The summed E-state index contributed by atoms with van der Waals surface area (Å²) in [5.74, 6) is -0.422. The molecule has 0 fully saturated rings. The molecule has 0 atom stereocenters. The number of anilines is 1. The molecule has 2 nitrogen and oxygen atoms in total. The Balaban J connectivity index is 3.32. The Labute approximate surface area is 81.7 Å². The minimum Gasteiger partial charge on any atom is -0.397 e. The lowest BCUT2D eigenvalue weighted by atomic mass is 9.95. The van der Waals surface area contributed by atoms with E-state index in [2.05, 4.69) is 0 Å². The topological polar surface area (TPSA) is 52.0 Å². The van der Waals surface area contributed by atoms with E-state index in [1.54, 1.807) is 13.8 Å². The van der Waals surface area contributed by atoms with Crippen molar-refractivity contribution in [1.29, 1.82) is 0 Å². The van der Waals surface area contributed by atoms with Gasteiger partial charge in [0.15, 0.2) is 0 Å². The molecule has 1 aromatic rings. The van der Waals surface area contributed by atoms with Gasteiger partial charge in [0, 0.05) is 11.1 Å². The molecular weight excluding hydrogens is 191 g/mol. The highest BCUT2D eigenvalue weighted by molar-refractivity contribution is 6.33. The van der Waals surface area contributed by atoms with Crippen LogP contribution in [0.1, 0.15) is 19.4 Å². The largest absolute Gasteiger partial charge is 0.397 e. The summed E-state index contributed by atoms with van der Waals surface area (Å²) in [6.45, 7) is 3.41. The third-order valence-electron chi connectivity index (χ3n) is 1.78. The van der Waals surface area contributed by atoms with Crippen LogP contribution in [-0.4, -0.2) is 0 Å². The van der Waals surface area contributed by atoms with Crippen LogP contribution in [0, 0.1) is 5.82 Å². The smallest absolute Gasteiger partial charge is 0.130 e. The van der Waals surface area contributed by atoms with Crippen LogP contribution in [0.25, 0.3) is 0 Å². The maximum Gasteiger partial charge on any atom is 0.130 e. The lowest BCUT2D eigenvalue weighted by Crippen LogP contribution is -2.30. The van der Waals surface area contributed by atoms with Crippen LogP contribution >= 0.6 is 11.6 Å². The van der Waals surface area contributed by atoms with Crippen LogP contribution in [0.15, 0.2) is 12.1 Å². The van der Waals surface area contributed by atoms with Gasteiger partial charge in [-0.2, -0.15) is 0 Å². The quantitative estimate of drug-likeness (QED) is 0.687. The maximum atomic E-state index is 13.3. The van der Waals surface area contributed by atoms with Gasteiger partial charge in [0.05, 0.1) is 10.7 Å². The highest BCUT2D eigenvalue weighted by atomic mass is 35.5. The highest BCUT2D eigenvalue weighted by Crippen LogP contribution is 2.28. The van der Waals surface area contributed by atoms with Gasteiger partial charge in [0.1, 0.15) is 5.82 Å². The van der Waals surface area contributed by atoms with Crippen molar-refractivity contribution >= 4 is 17.3 Å². The molecule has 0 heterocycles. The monoisotopic (exact) mass is 202 g/mol. The van der Waals surface area contributed by atoms with Gasteiger partial charge in [-0.25, -0.2) is 4.39 Å². The Kier molecular flexibility index (Phi) is 2.50. The average molecular weight is 203 g/mol. The summed E-state index contributed by atoms with van der Waals surface area (Å²) < 4.78 is 13.3. The Hall–Kier alpha value is -0.800. The van der Waals surface area contributed by atoms with Crippen LogP contribution < -0.4 is 11.5 Å². The molecule has 0 saturated carbocycles. The van der Waals surface area contributed by atoms with Crippen molar-refractivity contribution in [1.82, 2.24) is 0 Å². The number of hydrogen-bond donors (Lipinski definition) is 2. The fourth-order valence-electron chi connectivity index (χ4n) is 1.06. The third-order valence-corrected chi connectivity index (χ3v) is 2.11. The number of hydrogen-bond acceptors (Lipinski definition) is 2. The number of nitrogen functional groups attached to an aromatic ring is 1. The second-order valence-corrected chi connectivity index (χ2v) is 3.98. The first-order valence-electron chi connectivity index (χ1n) is 3.86. The van der Waals surface area contributed by atoms with Crippen molar-refractivity contribution in [3.05, 3.63) is 28.5 Å². The van der Waals surface area contributed by atoms with E-state index in [0.29, 0.717) is 10.6 Å². The fraction of sp³-hybridized carbons (Fsp3) is 0.333. The van der Waals surface area contributed by atoms with Gasteiger partial charge >= 0.3 is 0 Å². The van der Waals surface area contributed by atoms with Gasteiger partial charge in [0.2, 0.25) is 0 Å². The van der Waals surface area contributed by atoms with Crippen LogP contribution in [0.4, 0.5) is 10.1 Å². The normalized spacial score (nSPS) is 11.8. The van der Waals surface area contributed by atoms with Gasteiger partial charge in [-0.15, -0.1) is 0 Å². The van der Waals surface area contributed by atoms with Gasteiger partial charge in [-0.3, -0.25) is 0 Å². The van der Waals surface area contributed by atoms with E-state index in [1.807, 2.05) is 0 Å². The lowest BCUT2D eigenvalue weighted by Gasteiger charge is -2.20. The Morgan fingerprint density at radius 2 is 1.92 bits per heavy atom. The van der Waals surface area contributed by atoms with Crippen LogP contribution in [0.5, 0.6) is 0 Å². The maximum absolute atomic E-state index is 13.3. The predicted octanol–water partition coefficient (Wildman–Crippen LogP) is 2.26. The molecule has 0 spiro atoms. The molecule has 4 heteroatoms. The van der Waals surface area contributed by atoms with Crippen LogP contribution in [-0.2, 0) is 5.54 Å². The Morgan fingerprint density at radius 1 is 1.38 bits per heavy atom. The summed E-state index contributed by atoms with van der Waals surface area (Å²) in [6, 6.07) is 2.65. The Bertz CT molecular complexity index is 331. The molecule has 0 unspecified atom stereocenters. The SMILES string of the molecule is CC(C)(N)c1cc(Cl)c(N)cc1F. The second kappa shape index (κ2) is 3.16. The first kappa shape index (κ1) is 10.3. The number of rotatable bonds is 1. The van der Waals surface area contributed by atoms with E-state index >= 15 is 0 Å². The Morgan fingerprint density at radius 3 is 2.38 bits per heavy atom. The minimum atomic E-state index is -0.749. The van der Waals surface area contributed by atoms with E-state index in [-0.39, 0.29) is 5.69 Å². The molecule has 0 aromatic heterocycles. The molecule has 0 aliphatic carbocycles. The van der Waals surface area contributed by atoms with Crippen molar-refractivity contribution in [2.24, 2.45) is 5.73 Å². The molecule has 0 radical (unpaired) electrons. The van der Waals surface area contributed by atoms with Gasteiger partial charge in [-0.05, 0) is 26.0 Å². The van der Waals surface area contributed by atoms with Crippen molar-refractivity contribution < 1.29 is 4.39 Å². The molecule has 0 aliphatic rings. The average Bonchev–Trinajstić information content (AvgIpc) is 1.94. The zero-order valence-electron chi connectivity index (χ0n) is 7.57. The van der Waals surface area contributed by atoms with E-state index in [4.69, 9.17) is 23.1 Å². The number of nitrogens with two attached hydrogens (primary N) is 2. The van der Waals surface area contributed by atoms with Crippen LogP contribution in [0.3, 0.4) is 0 Å². The van der Waals surface area contributed by atoms with Crippen molar-refractivity contribution in [3.8, 4) is 0 Å². The molecule has 0 amide bonds. The fourth-order valence-corrected chi connectivity index (χ4v) is 1.22. The molecule has 0 saturated heterocycles. The summed E-state index contributed by atoms with van der Waals surface area (Å²) in [5.41, 5.74) is 11.0. The van der Waals surface area contributed by atoms with E-state index in [1.165, 1.54) is 12.1 Å². The first-order valence-corrected chi connectivity index (χ1v) is 4.24. The summed E-state index contributed by atoms with van der Waals surface area (Å²) in [4.78, 5) is 0. The lowest BCUT2D eigenvalue weighted by molar-refractivity contribution is 0.502. The van der Waals surface area contributed by atoms with E-state index in [9.17, 15) is 4.39 Å². The van der Waals surface area contributed by atoms with Crippen LogP contribution in [0.2, 0.25) is 5.02 Å². The van der Waals surface area contributed by atoms with Crippen molar-refractivity contribution in [3.63, 3.8) is 0 Å². The molecule has 0 bridgehead atoms. The molecule has 4 N–H and O–H groups in total. The first-order chi connectivity index (χ1) is 5.82. The molecule has 1 rings (SSSR count). The van der Waals surface area contributed by atoms with Gasteiger partial charge in [0.25, 0.3) is 0 Å². The molecule has 72 valence electrons. The number of benzene rings is 1. The number of halogens is 2. The van der Waals surface area contributed by atoms with Gasteiger partial charge < -0.3 is 11.5 Å². The molecular formula is C9H12ClFN2.